The molecule has 1 amide bonds. The van der Waals surface area contributed by atoms with E-state index in [9.17, 15) is 4.79 Å². The number of nitrogens with one attached hydrogen (secondary N) is 1. The van der Waals surface area contributed by atoms with E-state index in [0.717, 1.165) is 22.2 Å². The highest BCUT2D eigenvalue weighted by Crippen LogP contribution is 2.27. The number of carbonyl (C=O) groups excluding carboxylic acids is 1. The molecule has 0 bridgehead atoms. The van der Waals surface area contributed by atoms with Crippen LogP contribution in [0.3, 0.4) is 0 Å². The molecule has 24 heavy (non-hydrogen) atoms. The number of hydrogen-bond donors (Lipinski definition) is 1. The van der Waals surface area contributed by atoms with Crippen molar-refractivity contribution in [1.82, 2.24) is 4.98 Å². The summed E-state index contributed by atoms with van der Waals surface area (Å²) >= 11 is 0. The fourth-order valence-corrected chi connectivity index (χ4v) is 2.54. The summed E-state index contributed by atoms with van der Waals surface area (Å²) in [6.45, 7) is 0. The van der Waals surface area contributed by atoms with Crippen LogP contribution in [0.1, 0.15) is 5.56 Å². The first-order chi connectivity index (χ1) is 11.7. The molecule has 0 saturated heterocycles. The smallest absolute Gasteiger partial charge is 0.228 e. The maximum Gasteiger partial charge on any atom is 0.228 e. The Morgan fingerprint density at radius 1 is 1.04 bits per heavy atom. The van der Waals surface area contributed by atoms with E-state index in [2.05, 4.69) is 10.3 Å². The van der Waals surface area contributed by atoms with Crippen molar-refractivity contribution in [3.05, 3.63) is 60.3 Å². The number of carbonyl (C=O) groups is 1. The van der Waals surface area contributed by atoms with Crippen LogP contribution in [0.4, 0.5) is 5.69 Å². The van der Waals surface area contributed by atoms with Gasteiger partial charge in [0, 0.05) is 17.6 Å². The van der Waals surface area contributed by atoms with Crippen molar-refractivity contribution in [2.75, 3.05) is 19.5 Å². The van der Waals surface area contributed by atoms with Gasteiger partial charge in [0.15, 0.2) is 0 Å². The van der Waals surface area contributed by atoms with Gasteiger partial charge in [-0.05, 0) is 29.8 Å². The number of benzene rings is 2. The number of fused-ring (bicyclic) bond motifs is 1. The zero-order valence-electron chi connectivity index (χ0n) is 13.6. The van der Waals surface area contributed by atoms with Crippen LogP contribution < -0.4 is 14.8 Å². The van der Waals surface area contributed by atoms with Crippen LogP contribution in [0.5, 0.6) is 11.5 Å². The number of pyridine rings is 1. The van der Waals surface area contributed by atoms with Crippen LogP contribution in [0.2, 0.25) is 0 Å². The molecule has 0 aliphatic carbocycles. The molecule has 0 aliphatic heterocycles. The molecule has 3 rings (SSSR count). The van der Waals surface area contributed by atoms with Gasteiger partial charge in [0.05, 0.1) is 31.8 Å². The minimum absolute atomic E-state index is 0.122. The highest BCUT2D eigenvalue weighted by molar-refractivity contribution is 6.01. The standard InChI is InChI=1S/C19H18N2O3/c1-23-15-7-3-5-13(9-15)10-18(22)21-17-12-16(24-2)11-14-6-4-8-20-19(14)17/h3-9,11-12H,10H2,1-2H3,(H,21,22). The number of ether oxygens (including phenoxy) is 2. The van der Waals surface area contributed by atoms with Crippen LogP contribution in [0, 0.1) is 0 Å². The summed E-state index contributed by atoms with van der Waals surface area (Å²) in [5.41, 5.74) is 2.25. The Kier molecular flexibility index (Phi) is 4.61. The van der Waals surface area contributed by atoms with Crippen LogP contribution in [0.25, 0.3) is 10.9 Å². The molecule has 5 nitrogen and oxygen atoms in total. The molecule has 0 spiro atoms. The molecule has 0 saturated carbocycles. The number of nitrogens with zero attached hydrogens (tertiary/aromatic N) is 1. The third kappa shape index (κ3) is 3.46. The molecule has 0 unspecified atom stereocenters. The summed E-state index contributed by atoms with van der Waals surface area (Å²) in [6.07, 6.45) is 1.95. The van der Waals surface area contributed by atoms with Crippen LogP contribution in [0.15, 0.2) is 54.7 Å². The number of amides is 1. The van der Waals surface area contributed by atoms with Crippen molar-refractivity contribution < 1.29 is 14.3 Å². The van der Waals surface area contributed by atoms with E-state index >= 15 is 0 Å². The maximum absolute atomic E-state index is 12.4. The third-order valence-electron chi connectivity index (χ3n) is 3.69. The van der Waals surface area contributed by atoms with E-state index in [4.69, 9.17) is 9.47 Å². The average molecular weight is 322 g/mol. The Morgan fingerprint density at radius 2 is 1.88 bits per heavy atom. The fourth-order valence-electron chi connectivity index (χ4n) is 2.54. The van der Waals surface area contributed by atoms with Gasteiger partial charge in [-0.25, -0.2) is 0 Å². The Hall–Kier alpha value is -3.08. The minimum atomic E-state index is -0.122. The number of methoxy groups -OCH3 is 2. The Bertz CT molecular complexity index is 877. The molecule has 1 heterocycles. The van der Waals surface area contributed by atoms with Crippen molar-refractivity contribution in [2.45, 2.75) is 6.42 Å². The number of hydrogen-bond acceptors (Lipinski definition) is 4. The first-order valence-electron chi connectivity index (χ1n) is 7.55. The summed E-state index contributed by atoms with van der Waals surface area (Å²) < 4.78 is 10.5. The first-order valence-corrected chi connectivity index (χ1v) is 7.55. The predicted molar refractivity (Wildman–Crippen MR) is 93.6 cm³/mol. The first kappa shape index (κ1) is 15.8. The highest BCUT2D eigenvalue weighted by Gasteiger charge is 2.10. The summed E-state index contributed by atoms with van der Waals surface area (Å²) in [4.78, 5) is 16.8. The molecule has 5 heteroatoms. The predicted octanol–water partition coefficient (Wildman–Crippen LogP) is 3.43. The Morgan fingerprint density at radius 3 is 2.67 bits per heavy atom. The Balaban J connectivity index is 1.84. The van der Waals surface area contributed by atoms with Crippen molar-refractivity contribution in [2.24, 2.45) is 0 Å². The van der Waals surface area contributed by atoms with Crippen molar-refractivity contribution >= 4 is 22.5 Å². The zero-order valence-corrected chi connectivity index (χ0v) is 13.6. The summed E-state index contributed by atoms with van der Waals surface area (Å²) in [5, 5.41) is 3.83. The van der Waals surface area contributed by atoms with E-state index < -0.39 is 0 Å². The minimum Gasteiger partial charge on any atom is -0.497 e. The normalized spacial score (nSPS) is 10.4. The van der Waals surface area contributed by atoms with Gasteiger partial charge < -0.3 is 14.8 Å². The van der Waals surface area contributed by atoms with Gasteiger partial charge in [-0.15, -0.1) is 0 Å². The molecule has 3 aromatic rings. The molecule has 0 fully saturated rings. The number of rotatable bonds is 5. The number of anilines is 1. The average Bonchev–Trinajstić information content (AvgIpc) is 2.61. The summed E-state index contributed by atoms with van der Waals surface area (Å²) in [6, 6.07) is 14.9. The van der Waals surface area contributed by atoms with Gasteiger partial charge in [-0.3, -0.25) is 9.78 Å². The number of aromatic nitrogens is 1. The molecular formula is C19H18N2O3. The van der Waals surface area contributed by atoms with E-state index in [0.29, 0.717) is 11.4 Å². The molecule has 1 aromatic heterocycles. The second-order valence-corrected chi connectivity index (χ2v) is 5.33. The lowest BCUT2D eigenvalue weighted by Gasteiger charge is -2.11. The van der Waals surface area contributed by atoms with E-state index in [1.165, 1.54) is 0 Å². The lowest BCUT2D eigenvalue weighted by atomic mass is 10.1. The van der Waals surface area contributed by atoms with E-state index in [-0.39, 0.29) is 12.3 Å². The highest BCUT2D eigenvalue weighted by atomic mass is 16.5. The molecule has 122 valence electrons. The third-order valence-corrected chi connectivity index (χ3v) is 3.69. The lowest BCUT2D eigenvalue weighted by molar-refractivity contribution is -0.115. The van der Waals surface area contributed by atoms with Gasteiger partial charge in [-0.2, -0.15) is 0 Å². The fraction of sp³-hybridized carbons (Fsp3) is 0.158. The van der Waals surface area contributed by atoms with Crippen molar-refractivity contribution in [3.63, 3.8) is 0 Å². The quantitative estimate of drug-likeness (QED) is 0.782. The van der Waals surface area contributed by atoms with Gasteiger partial charge in [-0.1, -0.05) is 18.2 Å². The lowest BCUT2D eigenvalue weighted by Crippen LogP contribution is -2.15. The molecule has 1 N–H and O–H groups in total. The van der Waals surface area contributed by atoms with E-state index in [1.54, 1.807) is 26.5 Å². The van der Waals surface area contributed by atoms with Crippen LogP contribution in [-0.2, 0) is 11.2 Å². The topological polar surface area (TPSA) is 60.5 Å². The second-order valence-electron chi connectivity index (χ2n) is 5.33. The van der Waals surface area contributed by atoms with Gasteiger partial charge in [0.2, 0.25) is 5.91 Å². The van der Waals surface area contributed by atoms with Crippen LogP contribution >= 0.6 is 0 Å². The molecule has 0 radical (unpaired) electrons. The zero-order chi connectivity index (χ0) is 16.9. The monoisotopic (exact) mass is 322 g/mol. The molecule has 0 aliphatic rings. The van der Waals surface area contributed by atoms with Gasteiger partial charge in [0.1, 0.15) is 11.5 Å². The maximum atomic E-state index is 12.4. The van der Waals surface area contributed by atoms with E-state index in [1.807, 2.05) is 42.5 Å². The van der Waals surface area contributed by atoms with Crippen molar-refractivity contribution in [3.8, 4) is 11.5 Å². The van der Waals surface area contributed by atoms with Crippen LogP contribution in [-0.4, -0.2) is 25.1 Å². The van der Waals surface area contributed by atoms with Gasteiger partial charge in [0.25, 0.3) is 0 Å². The largest absolute Gasteiger partial charge is 0.497 e. The Labute approximate surface area is 140 Å². The van der Waals surface area contributed by atoms with Gasteiger partial charge >= 0.3 is 0 Å². The molecule has 2 aromatic carbocycles. The summed E-state index contributed by atoms with van der Waals surface area (Å²) in [5.74, 6) is 1.28. The second kappa shape index (κ2) is 7.00. The molecule has 0 atom stereocenters. The molecular weight excluding hydrogens is 304 g/mol. The summed E-state index contributed by atoms with van der Waals surface area (Å²) in [7, 11) is 3.20. The SMILES string of the molecule is COc1cccc(CC(=O)Nc2cc(OC)cc3cccnc23)c1. The van der Waals surface area contributed by atoms with Crippen molar-refractivity contribution in [1.29, 1.82) is 0 Å².